The van der Waals surface area contributed by atoms with Gasteiger partial charge in [0.2, 0.25) is 5.91 Å². The van der Waals surface area contributed by atoms with Crippen molar-refractivity contribution in [1.82, 2.24) is 9.80 Å². The lowest BCUT2D eigenvalue weighted by Crippen LogP contribution is -2.44. The molecule has 5 heteroatoms. The SMILES string of the molecule is COc1ccc(C(=O)CCC(=O)N2CCC3(CCN(C)C3)CC2)cc1. The summed E-state index contributed by atoms with van der Waals surface area (Å²) in [4.78, 5) is 29.0. The van der Waals surface area contributed by atoms with Gasteiger partial charge in [-0.25, -0.2) is 0 Å². The normalized spacial score (nSPS) is 20.0. The van der Waals surface area contributed by atoms with Crippen molar-refractivity contribution in [2.45, 2.75) is 32.1 Å². The van der Waals surface area contributed by atoms with E-state index in [1.54, 1.807) is 31.4 Å². The van der Waals surface area contributed by atoms with Gasteiger partial charge in [0.1, 0.15) is 5.75 Å². The van der Waals surface area contributed by atoms with Gasteiger partial charge in [0.15, 0.2) is 5.78 Å². The zero-order valence-electron chi connectivity index (χ0n) is 15.3. The molecule has 5 nitrogen and oxygen atoms in total. The van der Waals surface area contributed by atoms with Gasteiger partial charge >= 0.3 is 0 Å². The van der Waals surface area contributed by atoms with Crippen molar-refractivity contribution in [3.05, 3.63) is 29.8 Å². The average Bonchev–Trinajstić information content (AvgIpc) is 3.00. The molecule has 0 aliphatic carbocycles. The quantitative estimate of drug-likeness (QED) is 0.771. The van der Waals surface area contributed by atoms with Crippen molar-refractivity contribution < 1.29 is 14.3 Å². The van der Waals surface area contributed by atoms with Crippen LogP contribution in [-0.4, -0.2) is 61.8 Å². The molecule has 136 valence electrons. The standard InChI is InChI=1S/C20H28N2O3/c1-21-12-9-20(15-21)10-13-22(14-11-20)19(24)8-7-18(23)16-3-5-17(25-2)6-4-16/h3-6H,7-15H2,1-2H3. The Hall–Kier alpha value is -1.88. The monoisotopic (exact) mass is 344 g/mol. The third-order valence-electron chi connectivity index (χ3n) is 5.78. The topological polar surface area (TPSA) is 49.9 Å². The zero-order chi connectivity index (χ0) is 17.9. The Balaban J connectivity index is 1.45. The van der Waals surface area contributed by atoms with E-state index in [0.29, 0.717) is 17.4 Å². The van der Waals surface area contributed by atoms with E-state index < -0.39 is 0 Å². The number of carbonyl (C=O) groups is 2. The van der Waals surface area contributed by atoms with Crippen LogP contribution >= 0.6 is 0 Å². The summed E-state index contributed by atoms with van der Waals surface area (Å²) in [7, 11) is 3.78. The predicted molar refractivity (Wildman–Crippen MR) is 96.9 cm³/mol. The molecule has 1 aromatic carbocycles. The van der Waals surface area contributed by atoms with E-state index in [4.69, 9.17) is 4.74 Å². The van der Waals surface area contributed by atoms with Crippen LogP contribution in [0, 0.1) is 5.41 Å². The van der Waals surface area contributed by atoms with Gasteiger partial charge in [0.05, 0.1) is 7.11 Å². The van der Waals surface area contributed by atoms with E-state index in [1.807, 2.05) is 4.90 Å². The lowest BCUT2D eigenvalue weighted by atomic mass is 9.77. The van der Waals surface area contributed by atoms with Crippen LogP contribution in [-0.2, 0) is 4.79 Å². The average molecular weight is 344 g/mol. The first kappa shape index (κ1) is 17.9. The summed E-state index contributed by atoms with van der Waals surface area (Å²) in [6.07, 6.45) is 4.01. The second-order valence-electron chi connectivity index (χ2n) is 7.52. The maximum Gasteiger partial charge on any atom is 0.223 e. The molecule has 0 unspecified atom stereocenters. The molecule has 0 saturated carbocycles. The Morgan fingerprint density at radius 2 is 1.68 bits per heavy atom. The first-order chi connectivity index (χ1) is 12.0. The summed E-state index contributed by atoms with van der Waals surface area (Å²) in [5.74, 6) is 0.859. The van der Waals surface area contributed by atoms with Crippen LogP contribution < -0.4 is 4.74 Å². The van der Waals surface area contributed by atoms with Crippen molar-refractivity contribution in [1.29, 1.82) is 0 Å². The maximum absolute atomic E-state index is 12.4. The van der Waals surface area contributed by atoms with Gasteiger partial charge in [0, 0.05) is 38.0 Å². The Morgan fingerprint density at radius 3 is 2.24 bits per heavy atom. The Bertz CT molecular complexity index is 618. The van der Waals surface area contributed by atoms with Gasteiger partial charge in [-0.15, -0.1) is 0 Å². The van der Waals surface area contributed by atoms with Crippen molar-refractivity contribution in [3.63, 3.8) is 0 Å². The van der Waals surface area contributed by atoms with E-state index in [9.17, 15) is 9.59 Å². The number of likely N-dealkylation sites (tertiary alicyclic amines) is 2. The molecule has 0 N–H and O–H groups in total. The molecule has 2 heterocycles. The van der Waals surface area contributed by atoms with Gasteiger partial charge in [-0.05, 0) is 62.5 Å². The van der Waals surface area contributed by atoms with Crippen molar-refractivity contribution in [3.8, 4) is 5.75 Å². The number of hydrogen-bond donors (Lipinski definition) is 0. The predicted octanol–water partition coefficient (Wildman–Crippen LogP) is 2.60. The highest BCUT2D eigenvalue weighted by molar-refractivity contribution is 5.98. The first-order valence-electron chi connectivity index (χ1n) is 9.15. The van der Waals surface area contributed by atoms with Crippen LogP contribution in [0.2, 0.25) is 0 Å². The molecule has 0 bridgehead atoms. The van der Waals surface area contributed by atoms with Crippen LogP contribution in [0.15, 0.2) is 24.3 Å². The molecule has 0 aromatic heterocycles. The highest BCUT2D eigenvalue weighted by Crippen LogP contribution is 2.39. The van der Waals surface area contributed by atoms with Crippen molar-refractivity contribution in [2.24, 2.45) is 5.41 Å². The maximum atomic E-state index is 12.4. The zero-order valence-corrected chi connectivity index (χ0v) is 15.3. The largest absolute Gasteiger partial charge is 0.497 e. The van der Waals surface area contributed by atoms with E-state index in [-0.39, 0.29) is 18.1 Å². The van der Waals surface area contributed by atoms with E-state index in [2.05, 4.69) is 11.9 Å². The van der Waals surface area contributed by atoms with E-state index in [1.165, 1.54) is 13.0 Å². The molecule has 2 saturated heterocycles. The number of amides is 1. The molecule has 25 heavy (non-hydrogen) atoms. The fourth-order valence-corrected chi connectivity index (χ4v) is 4.10. The minimum atomic E-state index is 0.0156. The molecule has 0 atom stereocenters. The number of piperidine rings is 1. The Kier molecular flexibility index (Phi) is 5.42. The number of benzene rings is 1. The van der Waals surface area contributed by atoms with E-state index in [0.717, 1.165) is 38.2 Å². The molecular weight excluding hydrogens is 316 g/mol. The van der Waals surface area contributed by atoms with Gasteiger partial charge in [-0.2, -0.15) is 0 Å². The van der Waals surface area contributed by atoms with Crippen LogP contribution in [0.5, 0.6) is 5.75 Å². The summed E-state index contributed by atoms with van der Waals surface area (Å²) in [6, 6.07) is 7.06. The Morgan fingerprint density at radius 1 is 1.04 bits per heavy atom. The minimum absolute atomic E-state index is 0.0156. The molecule has 2 aliphatic heterocycles. The summed E-state index contributed by atoms with van der Waals surface area (Å²) in [5, 5.41) is 0. The molecule has 1 amide bonds. The molecule has 3 rings (SSSR count). The lowest BCUT2D eigenvalue weighted by Gasteiger charge is -2.39. The van der Waals surface area contributed by atoms with Gasteiger partial charge in [-0.3, -0.25) is 9.59 Å². The smallest absolute Gasteiger partial charge is 0.223 e. The number of nitrogens with zero attached hydrogens (tertiary/aromatic N) is 2. The fraction of sp³-hybridized carbons (Fsp3) is 0.600. The number of Topliss-reactive ketones (excluding diaryl/α,β-unsaturated/α-hetero) is 1. The van der Waals surface area contributed by atoms with Gasteiger partial charge in [0.25, 0.3) is 0 Å². The molecule has 2 fully saturated rings. The molecule has 0 radical (unpaired) electrons. The summed E-state index contributed by atoms with van der Waals surface area (Å²) < 4.78 is 5.10. The van der Waals surface area contributed by atoms with Crippen molar-refractivity contribution >= 4 is 11.7 Å². The fourth-order valence-electron chi connectivity index (χ4n) is 4.10. The van der Waals surface area contributed by atoms with E-state index >= 15 is 0 Å². The molecular formula is C20H28N2O3. The number of rotatable bonds is 5. The second kappa shape index (κ2) is 7.56. The lowest BCUT2D eigenvalue weighted by molar-refractivity contribution is -0.133. The summed E-state index contributed by atoms with van der Waals surface area (Å²) in [6.45, 7) is 4.00. The van der Waals surface area contributed by atoms with Crippen molar-refractivity contribution in [2.75, 3.05) is 40.3 Å². The third-order valence-corrected chi connectivity index (χ3v) is 5.78. The Labute approximate surface area is 149 Å². The molecule has 1 spiro atoms. The van der Waals surface area contributed by atoms with Crippen LogP contribution in [0.1, 0.15) is 42.5 Å². The van der Waals surface area contributed by atoms with Crippen LogP contribution in [0.4, 0.5) is 0 Å². The summed E-state index contributed by atoms with van der Waals surface area (Å²) in [5.41, 5.74) is 1.06. The van der Waals surface area contributed by atoms with Gasteiger partial charge in [-0.1, -0.05) is 0 Å². The number of methoxy groups -OCH3 is 1. The van der Waals surface area contributed by atoms with Gasteiger partial charge < -0.3 is 14.5 Å². The minimum Gasteiger partial charge on any atom is -0.497 e. The number of ketones is 1. The third kappa shape index (κ3) is 4.21. The molecule has 2 aliphatic rings. The van der Waals surface area contributed by atoms with Crippen LogP contribution in [0.3, 0.4) is 0 Å². The summed E-state index contributed by atoms with van der Waals surface area (Å²) >= 11 is 0. The number of ether oxygens (including phenoxy) is 1. The first-order valence-corrected chi connectivity index (χ1v) is 9.15. The highest BCUT2D eigenvalue weighted by atomic mass is 16.5. The molecule has 1 aromatic rings. The van der Waals surface area contributed by atoms with Crippen LogP contribution in [0.25, 0.3) is 0 Å². The highest BCUT2D eigenvalue weighted by Gasteiger charge is 2.40. The number of hydrogen-bond acceptors (Lipinski definition) is 4. The second-order valence-corrected chi connectivity index (χ2v) is 7.52. The number of carbonyl (C=O) groups excluding carboxylic acids is 2.